The van der Waals surface area contributed by atoms with Crippen molar-refractivity contribution < 1.29 is 0 Å². The van der Waals surface area contributed by atoms with Crippen molar-refractivity contribution in [3.63, 3.8) is 0 Å². The van der Waals surface area contributed by atoms with Gasteiger partial charge in [-0.05, 0) is 44.3 Å². The third-order valence-electron chi connectivity index (χ3n) is 3.82. The summed E-state index contributed by atoms with van der Waals surface area (Å²) in [6.07, 6.45) is 1.30. The van der Waals surface area contributed by atoms with Crippen LogP contribution in [0.25, 0.3) is 0 Å². The molecule has 2 nitrogen and oxygen atoms in total. The first-order chi connectivity index (χ1) is 9.28. The fourth-order valence-electron chi connectivity index (χ4n) is 2.44. The molecule has 1 aromatic carbocycles. The molecule has 0 unspecified atom stereocenters. The summed E-state index contributed by atoms with van der Waals surface area (Å²) in [6, 6.07) is 8.87. The molecule has 0 atom stereocenters. The Hall–Kier alpha value is -0.510. The maximum absolute atomic E-state index is 2.61. The van der Waals surface area contributed by atoms with Crippen LogP contribution in [0.4, 0.5) is 0 Å². The van der Waals surface area contributed by atoms with Crippen LogP contribution in [0.2, 0.25) is 0 Å². The Morgan fingerprint density at radius 2 is 1.63 bits per heavy atom. The number of benzene rings is 1. The molecule has 0 bridgehead atoms. The first-order valence-electron chi connectivity index (χ1n) is 7.42. The van der Waals surface area contributed by atoms with E-state index in [2.05, 4.69) is 47.9 Å². The molecule has 0 saturated carbocycles. The van der Waals surface area contributed by atoms with Crippen molar-refractivity contribution in [3.05, 3.63) is 29.8 Å². The van der Waals surface area contributed by atoms with Crippen LogP contribution < -0.4 is 0 Å². The zero-order chi connectivity index (χ0) is 13.5. The number of aryl methyl sites for hydroxylation is 1. The minimum Gasteiger partial charge on any atom is -0.301 e. The van der Waals surface area contributed by atoms with Crippen LogP contribution >= 0.6 is 11.8 Å². The van der Waals surface area contributed by atoms with E-state index in [0.29, 0.717) is 0 Å². The molecule has 106 valence electrons. The van der Waals surface area contributed by atoms with Gasteiger partial charge in [0.05, 0.1) is 0 Å². The lowest BCUT2D eigenvalue weighted by Gasteiger charge is -2.33. The van der Waals surface area contributed by atoms with Crippen molar-refractivity contribution in [3.8, 4) is 0 Å². The Morgan fingerprint density at radius 3 is 2.26 bits per heavy atom. The predicted molar refractivity (Wildman–Crippen MR) is 85.1 cm³/mol. The number of piperazine rings is 1. The molecule has 0 amide bonds. The van der Waals surface area contributed by atoms with Crippen LogP contribution in [0.15, 0.2) is 29.2 Å². The van der Waals surface area contributed by atoms with Crippen LogP contribution in [0.1, 0.15) is 18.9 Å². The largest absolute Gasteiger partial charge is 0.301 e. The van der Waals surface area contributed by atoms with E-state index in [0.717, 1.165) is 0 Å². The summed E-state index contributed by atoms with van der Waals surface area (Å²) in [5.41, 5.74) is 1.35. The summed E-state index contributed by atoms with van der Waals surface area (Å²) in [5, 5.41) is 0. The van der Waals surface area contributed by atoms with Gasteiger partial charge < -0.3 is 9.80 Å². The van der Waals surface area contributed by atoms with Gasteiger partial charge >= 0.3 is 0 Å². The van der Waals surface area contributed by atoms with Crippen LogP contribution in [-0.2, 0) is 0 Å². The SMILES string of the molecule is CCN1CCN(CCCSc2ccc(C)cc2)CC1. The third kappa shape index (κ3) is 5.17. The average Bonchev–Trinajstić information content (AvgIpc) is 2.46. The molecule has 0 N–H and O–H groups in total. The molecule has 1 aliphatic heterocycles. The molecular weight excluding hydrogens is 252 g/mol. The molecule has 0 radical (unpaired) electrons. The van der Waals surface area contributed by atoms with Crippen LogP contribution in [0.5, 0.6) is 0 Å². The van der Waals surface area contributed by atoms with Crippen molar-refractivity contribution in [1.29, 1.82) is 0 Å². The second kappa shape index (κ2) is 7.93. The molecule has 19 heavy (non-hydrogen) atoms. The molecule has 0 aliphatic carbocycles. The fourth-order valence-corrected chi connectivity index (χ4v) is 3.28. The highest BCUT2D eigenvalue weighted by Gasteiger charge is 2.14. The highest BCUT2D eigenvalue weighted by molar-refractivity contribution is 7.99. The van der Waals surface area contributed by atoms with Gasteiger partial charge in [-0.3, -0.25) is 0 Å². The second-order valence-corrected chi connectivity index (χ2v) is 6.46. The predicted octanol–water partition coefficient (Wildman–Crippen LogP) is 3.11. The molecule has 2 rings (SSSR count). The molecule has 1 aliphatic rings. The molecule has 0 spiro atoms. The second-order valence-electron chi connectivity index (χ2n) is 5.29. The number of nitrogens with zero attached hydrogens (tertiary/aromatic N) is 2. The Morgan fingerprint density at radius 1 is 1.00 bits per heavy atom. The van der Waals surface area contributed by atoms with Crippen molar-refractivity contribution in [2.75, 3.05) is 45.0 Å². The number of rotatable bonds is 6. The topological polar surface area (TPSA) is 6.48 Å². The Balaban J connectivity index is 1.58. The van der Waals surface area contributed by atoms with E-state index in [-0.39, 0.29) is 0 Å². The maximum atomic E-state index is 2.61. The van der Waals surface area contributed by atoms with E-state index < -0.39 is 0 Å². The Labute approximate surface area is 122 Å². The summed E-state index contributed by atoms with van der Waals surface area (Å²) >= 11 is 1.99. The number of thioether (sulfide) groups is 1. The van der Waals surface area contributed by atoms with E-state index in [9.17, 15) is 0 Å². The van der Waals surface area contributed by atoms with Gasteiger partial charge in [0.15, 0.2) is 0 Å². The Bertz CT molecular complexity index is 356. The highest BCUT2D eigenvalue weighted by Crippen LogP contribution is 2.19. The summed E-state index contributed by atoms with van der Waals surface area (Å²) in [5.74, 6) is 1.23. The van der Waals surface area contributed by atoms with Gasteiger partial charge in [0, 0.05) is 31.1 Å². The summed E-state index contributed by atoms with van der Waals surface area (Å²) < 4.78 is 0. The minimum absolute atomic E-state index is 1.21. The van der Waals surface area contributed by atoms with Gasteiger partial charge in [0.1, 0.15) is 0 Å². The van der Waals surface area contributed by atoms with Crippen LogP contribution in [-0.4, -0.2) is 54.8 Å². The molecule has 1 aromatic rings. The Kier molecular flexibility index (Phi) is 6.21. The first kappa shape index (κ1) is 14.9. The minimum atomic E-state index is 1.21. The van der Waals surface area contributed by atoms with Crippen molar-refractivity contribution in [2.24, 2.45) is 0 Å². The van der Waals surface area contributed by atoms with Gasteiger partial charge in [-0.25, -0.2) is 0 Å². The normalized spacial score (nSPS) is 17.8. The number of hydrogen-bond acceptors (Lipinski definition) is 3. The van der Waals surface area contributed by atoms with Crippen LogP contribution in [0, 0.1) is 6.92 Å². The standard InChI is InChI=1S/C16H26N2S/c1-3-17-10-12-18(13-11-17)9-4-14-19-16-7-5-15(2)6-8-16/h5-8H,3-4,9-14H2,1-2H3. The fraction of sp³-hybridized carbons (Fsp3) is 0.625. The quantitative estimate of drug-likeness (QED) is 0.583. The summed E-state index contributed by atoms with van der Waals surface area (Å²) in [4.78, 5) is 6.56. The van der Waals surface area contributed by atoms with E-state index in [4.69, 9.17) is 0 Å². The number of hydrogen-bond donors (Lipinski definition) is 0. The smallest absolute Gasteiger partial charge is 0.0110 e. The summed E-state index contributed by atoms with van der Waals surface area (Å²) in [7, 11) is 0. The zero-order valence-corrected chi connectivity index (χ0v) is 13.1. The van der Waals surface area contributed by atoms with E-state index in [1.807, 2.05) is 11.8 Å². The van der Waals surface area contributed by atoms with Crippen molar-refractivity contribution in [1.82, 2.24) is 9.80 Å². The lowest BCUT2D eigenvalue weighted by atomic mass is 10.2. The zero-order valence-electron chi connectivity index (χ0n) is 12.3. The lowest BCUT2D eigenvalue weighted by Crippen LogP contribution is -2.46. The van der Waals surface area contributed by atoms with Crippen molar-refractivity contribution >= 4 is 11.8 Å². The molecule has 1 fully saturated rings. The molecular formula is C16H26N2S. The van der Waals surface area contributed by atoms with Crippen LogP contribution in [0.3, 0.4) is 0 Å². The average molecular weight is 278 g/mol. The molecule has 1 heterocycles. The van der Waals surface area contributed by atoms with E-state index >= 15 is 0 Å². The van der Waals surface area contributed by atoms with Gasteiger partial charge in [0.25, 0.3) is 0 Å². The molecule has 3 heteroatoms. The van der Waals surface area contributed by atoms with E-state index in [1.54, 1.807) is 0 Å². The highest BCUT2D eigenvalue weighted by atomic mass is 32.2. The van der Waals surface area contributed by atoms with Gasteiger partial charge in [-0.15, -0.1) is 11.8 Å². The first-order valence-corrected chi connectivity index (χ1v) is 8.40. The maximum Gasteiger partial charge on any atom is 0.0110 e. The monoisotopic (exact) mass is 278 g/mol. The summed E-state index contributed by atoms with van der Waals surface area (Å²) in [6.45, 7) is 11.9. The molecule has 0 aromatic heterocycles. The van der Waals surface area contributed by atoms with E-state index in [1.165, 1.54) is 61.9 Å². The lowest BCUT2D eigenvalue weighted by molar-refractivity contribution is 0.138. The van der Waals surface area contributed by atoms with Gasteiger partial charge in [-0.2, -0.15) is 0 Å². The molecule has 1 saturated heterocycles. The number of likely N-dealkylation sites (N-methyl/N-ethyl adjacent to an activating group) is 1. The third-order valence-corrected chi connectivity index (χ3v) is 4.92. The van der Waals surface area contributed by atoms with Gasteiger partial charge in [0.2, 0.25) is 0 Å². The van der Waals surface area contributed by atoms with Crippen molar-refractivity contribution in [2.45, 2.75) is 25.2 Å². The van der Waals surface area contributed by atoms with Gasteiger partial charge in [-0.1, -0.05) is 24.6 Å².